The van der Waals surface area contributed by atoms with Crippen molar-refractivity contribution in [1.82, 2.24) is 9.78 Å². The second-order valence-corrected chi connectivity index (χ2v) is 4.73. The van der Waals surface area contributed by atoms with E-state index in [1.807, 2.05) is 25.1 Å². The van der Waals surface area contributed by atoms with Crippen molar-refractivity contribution in [3.63, 3.8) is 0 Å². The maximum absolute atomic E-state index is 12.2. The highest BCUT2D eigenvalue weighted by Gasteiger charge is 2.13. The molecule has 0 aliphatic carbocycles. The SMILES string of the molecule is CC[C@@H](CO)Nc1cnn(-c2ccccc2)c(=O)c1Cl. The van der Waals surface area contributed by atoms with Crippen molar-refractivity contribution in [2.75, 3.05) is 11.9 Å². The molecule has 0 aliphatic heterocycles. The Morgan fingerprint density at radius 3 is 2.70 bits per heavy atom. The Morgan fingerprint density at radius 2 is 2.10 bits per heavy atom. The van der Waals surface area contributed by atoms with Gasteiger partial charge < -0.3 is 10.4 Å². The Hall–Kier alpha value is -1.85. The van der Waals surface area contributed by atoms with Crippen LogP contribution in [0.5, 0.6) is 0 Å². The molecule has 1 aromatic carbocycles. The van der Waals surface area contributed by atoms with E-state index in [0.717, 1.165) is 0 Å². The summed E-state index contributed by atoms with van der Waals surface area (Å²) in [4.78, 5) is 12.2. The lowest BCUT2D eigenvalue weighted by molar-refractivity contribution is 0.272. The summed E-state index contributed by atoms with van der Waals surface area (Å²) >= 11 is 6.09. The lowest BCUT2D eigenvalue weighted by Crippen LogP contribution is -2.27. The highest BCUT2D eigenvalue weighted by Crippen LogP contribution is 2.18. The van der Waals surface area contributed by atoms with Gasteiger partial charge in [0.25, 0.3) is 5.56 Å². The number of aliphatic hydroxyl groups excluding tert-OH is 1. The van der Waals surface area contributed by atoms with E-state index in [-0.39, 0.29) is 17.7 Å². The quantitative estimate of drug-likeness (QED) is 0.885. The minimum atomic E-state index is -0.393. The van der Waals surface area contributed by atoms with E-state index in [1.165, 1.54) is 10.9 Å². The Labute approximate surface area is 121 Å². The topological polar surface area (TPSA) is 67.2 Å². The van der Waals surface area contributed by atoms with Crippen molar-refractivity contribution in [3.8, 4) is 5.69 Å². The van der Waals surface area contributed by atoms with Crippen LogP contribution in [0.25, 0.3) is 5.69 Å². The molecule has 2 rings (SSSR count). The molecule has 0 radical (unpaired) electrons. The van der Waals surface area contributed by atoms with E-state index < -0.39 is 5.56 Å². The predicted molar refractivity (Wildman–Crippen MR) is 79.6 cm³/mol. The third-order valence-electron chi connectivity index (χ3n) is 2.99. The number of aromatic nitrogens is 2. The zero-order valence-electron chi connectivity index (χ0n) is 11.1. The van der Waals surface area contributed by atoms with Gasteiger partial charge in [0.1, 0.15) is 5.02 Å². The lowest BCUT2D eigenvalue weighted by atomic mass is 10.2. The van der Waals surface area contributed by atoms with Crippen LogP contribution in [0.3, 0.4) is 0 Å². The molecule has 0 saturated heterocycles. The summed E-state index contributed by atoms with van der Waals surface area (Å²) in [7, 11) is 0. The van der Waals surface area contributed by atoms with Crippen LogP contribution in [0, 0.1) is 0 Å². The average Bonchev–Trinajstić information content (AvgIpc) is 2.50. The van der Waals surface area contributed by atoms with E-state index in [2.05, 4.69) is 10.4 Å². The molecule has 0 bridgehead atoms. The minimum Gasteiger partial charge on any atom is -0.394 e. The fourth-order valence-electron chi connectivity index (χ4n) is 1.78. The molecule has 106 valence electrons. The number of benzene rings is 1. The zero-order valence-corrected chi connectivity index (χ0v) is 11.8. The molecule has 2 N–H and O–H groups in total. The molecule has 0 saturated carbocycles. The normalized spacial score (nSPS) is 12.2. The lowest BCUT2D eigenvalue weighted by Gasteiger charge is -2.16. The van der Waals surface area contributed by atoms with Crippen LogP contribution < -0.4 is 10.9 Å². The van der Waals surface area contributed by atoms with Gasteiger partial charge >= 0.3 is 0 Å². The van der Waals surface area contributed by atoms with E-state index in [1.54, 1.807) is 12.1 Å². The van der Waals surface area contributed by atoms with Gasteiger partial charge in [0, 0.05) is 6.04 Å². The van der Waals surface area contributed by atoms with Crippen molar-refractivity contribution in [2.45, 2.75) is 19.4 Å². The molecule has 0 spiro atoms. The van der Waals surface area contributed by atoms with Gasteiger partial charge in [0.05, 0.1) is 24.2 Å². The summed E-state index contributed by atoms with van der Waals surface area (Å²) in [6, 6.07) is 8.91. The van der Waals surface area contributed by atoms with E-state index in [9.17, 15) is 9.90 Å². The van der Waals surface area contributed by atoms with Crippen molar-refractivity contribution in [1.29, 1.82) is 0 Å². The number of hydrogen-bond acceptors (Lipinski definition) is 4. The summed E-state index contributed by atoms with van der Waals surface area (Å²) in [6.07, 6.45) is 2.21. The Balaban J connectivity index is 2.37. The van der Waals surface area contributed by atoms with Crippen molar-refractivity contribution in [2.24, 2.45) is 0 Å². The molecule has 2 aromatic rings. The summed E-state index contributed by atoms with van der Waals surface area (Å²) in [6.45, 7) is 1.90. The first-order valence-electron chi connectivity index (χ1n) is 6.38. The summed E-state index contributed by atoms with van der Waals surface area (Å²) in [5.74, 6) is 0. The van der Waals surface area contributed by atoms with Gasteiger partial charge in [-0.3, -0.25) is 4.79 Å². The zero-order chi connectivity index (χ0) is 14.5. The second kappa shape index (κ2) is 6.54. The van der Waals surface area contributed by atoms with Gasteiger partial charge in [-0.2, -0.15) is 9.78 Å². The number of nitrogens with zero attached hydrogens (tertiary/aromatic N) is 2. The van der Waals surface area contributed by atoms with Crippen LogP contribution in [0.4, 0.5) is 5.69 Å². The van der Waals surface area contributed by atoms with E-state index in [4.69, 9.17) is 11.6 Å². The van der Waals surface area contributed by atoms with Crippen LogP contribution in [0.2, 0.25) is 5.02 Å². The third kappa shape index (κ3) is 3.00. The van der Waals surface area contributed by atoms with Gasteiger partial charge in [0.2, 0.25) is 0 Å². The monoisotopic (exact) mass is 293 g/mol. The van der Waals surface area contributed by atoms with Crippen molar-refractivity contribution >= 4 is 17.3 Å². The first kappa shape index (κ1) is 14.6. The molecule has 1 aromatic heterocycles. The molecule has 6 heteroatoms. The summed E-state index contributed by atoms with van der Waals surface area (Å²) < 4.78 is 1.24. The van der Waals surface area contributed by atoms with Crippen LogP contribution >= 0.6 is 11.6 Å². The van der Waals surface area contributed by atoms with Crippen LogP contribution in [-0.4, -0.2) is 27.5 Å². The van der Waals surface area contributed by atoms with Gasteiger partial charge in [-0.25, -0.2) is 0 Å². The third-order valence-corrected chi connectivity index (χ3v) is 3.36. The molecule has 1 atom stereocenters. The van der Waals surface area contributed by atoms with Gasteiger partial charge in [-0.15, -0.1) is 0 Å². The maximum atomic E-state index is 12.2. The highest BCUT2D eigenvalue weighted by molar-refractivity contribution is 6.32. The van der Waals surface area contributed by atoms with Crippen molar-refractivity contribution in [3.05, 3.63) is 51.9 Å². The summed E-state index contributed by atoms with van der Waals surface area (Å²) in [5.41, 5.74) is 0.695. The molecule has 5 nitrogen and oxygen atoms in total. The Morgan fingerprint density at radius 1 is 1.40 bits per heavy atom. The Bertz CT molecular complexity index is 624. The molecule has 0 fully saturated rings. The van der Waals surface area contributed by atoms with Crippen LogP contribution in [0.15, 0.2) is 41.3 Å². The van der Waals surface area contributed by atoms with Gasteiger partial charge in [-0.05, 0) is 18.6 Å². The number of rotatable bonds is 5. The first-order valence-corrected chi connectivity index (χ1v) is 6.75. The molecule has 1 heterocycles. The number of nitrogens with one attached hydrogen (secondary N) is 1. The van der Waals surface area contributed by atoms with Gasteiger partial charge in [0.15, 0.2) is 0 Å². The summed E-state index contributed by atoms with van der Waals surface area (Å²) in [5, 5.41) is 16.4. The largest absolute Gasteiger partial charge is 0.394 e. The first-order chi connectivity index (χ1) is 9.67. The maximum Gasteiger partial charge on any atom is 0.292 e. The number of halogens is 1. The number of para-hydroxylation sites is 1. The number of anilines is 1. The molecule has 20 heavy (non-hydrogen) atoms. The molecule has 0 unspecified atom stereocenters. The fourth-order valence-corrected chi connectivity index (χ4v) is 1.97. The average molecular weight is 294 g/mol. The van der Waals surface area contributed by atoms with Crippen molar-refractivity contribution < 1.29 is 5.11 Å². The standard InChI is InChI=1S/C14H16ClN3O2/c1-2-10(9-19)17-12-8-16-18(14(20)13(12)15)11-6-4-3-5-7-11/h3-8,10,17,19H,2,9H2,1H3/t10-/m0/s1. The van der Waals surface area contributed by atoms with Gasteiger partial charge in [-0.1, -0.05) is 36.7 Å². The van der Waals surface area contributed by atoms with E-state index >= 15 is 0 Å². The smallest absolute Gasteiger partial charge is 0.292 e. The molecule has 0 amide bonds. The molecular formula is C14H16ClN3O2. The second-order valence-electron chi connectivity index (χ2n) is 4.36. The van der Waals surface area contributed by atoms with Crippen LogP contribution in [0.1, 0.15) is 13.3 Å². The predicted octanol–water partition coefficient (Wildman–Crippen LogP) is 2.07. The molecular weight excluding hydrogens is 278 g/mol. The van der Waals surface area contributed by atoms with Crippen LogP contribution in [-0.2, 0) is 0 Å². The fraction of sp³-hybridized carbons (Fsp3) is 0.286. The molecule has 0 aliphatic rings. The Kier molecular flexibility index (Phi) is 4.76. The number of aliphatic hydroxyl groups is 1. The highest BCUT2D eigenvalue weighted by atomic mass is 35.5. The minimum absolute atomic E-state index is 0.0331. The van der Waals surface area contributed by atoms with E-state index in [0.29, 0.717) is 17.8 Å². The number of hydrogen-bond donors (Lipinski definition) is 2.